The van der Waals surface area contributed by atoms with Crippen LogP contribution in [0.3, 0.4) is 0 Å². The minimum Gasteiger partial charge on any atom is -0.344 e. The molecule has 1 saturated heterocycles. The third kappa shape index (κ3) is 3.84. The molecule has 0 atom stereocenters. The Balaban J connectivity index is 1.30. The van der Waals surface area contributed by atoms with Gasteiger partial charge < -0.3 is 9.80 Å². The first-order valence-electron chi connectivity index (χ1n) is 10.7. The highest BCUT2D eigenvalue weighted by Gasteiger charge is 2.31. The number of piperazine rings is 1. The second kappa shape index (κ2) is 8.31. The highest BCUT2D eigenvalue weighted by atomic mass is 32.1. The van der Waals surface area contributed by atoms with E-state index in [1.165, 1.54) is 5.01 Å². The van der Waals surface area contributed by atoms with E-state index in [2.05, 4.69) is 20.0 Å². The molecule has 3 aromatic rings. The third-order valence-electron chi connectivity index (χ3n) is 5.86. The van der Waals surface area contributed by atoms with Crippen molar-refractivity contribution in [1.29, 1.82) is 0 Å². The van der Waals surface area contributed by atoms with Gasteiger partial charge in [0.15, 0.2) is 5.13 Å². The quantitative estimate of drug-likeness (QED) is 0.615. The summed E-state index contributed by atoms with van der Waals surface area (Å²) in [4.78, 5) is 39.7. The van der Waals surface area contributed by atoms with Crippen molar-refractivity contribution < 1.29 is 9.59 Å². The van der Waals surface area contributed by atoms with Crippen molar-refractivity contribution in [3.63, 3.8) is 0 Å². The average Bonchev–Trinajstić information content (AvgIpc) is 3.25. The number of hydrazone groups is 1. The van der Waals surface area contributed by atoms with Gasteiger partial charge in [-0.05, 0) is 43.2 Å². The molecule has 5 rings (SSSR count). The summed E-state index contributed by atoms with van der Waals surface area (Å²) in [5.74, 6) is -0.164. The van der Waals surface area contributed by atoms with Gasteiger partial charge >= 0.3 is 0 Å². The second-order valence-electron chi connectivity index (χ2n) is 8.15. The number of carbonyl (C=O) groups is 2. The summed E-state index contributed by atoms with van der Waals surface area (Å²) in [7, 11) is 0. The zero-order valence-corrected chi connectivity index (χ0v) is 18.9. The number of benzene rings is 1. The lowest BCUT2D eigenvalue weighted by molar-refractivity contribution is -0.124. The van der Waals surface area contributed by atoms with Gasteiger partial charge in [0.2, 0.25) is 5.91 Å². The summed E-state index contributed by atoms with van der Waals surface area (Å²) in [5.41, 5.74) is 4.10. The van der Waals surface area contributed by atoms with E-state index in [4.69, 9.17) is 0 Å². The highest BCUT2D eigenvalue weighted by Crippen LogP contribution is 2.28. The number of aromatic nitrogens is 2. The van der Waals surface area contributed by atoms with E-state index in [9.17, 15) is 9.59 Å². The third-order valence-corrected chi connectivity index (χ3v) is 6.90. The van der Waals surface area contributed by atoms with Crippen LogP contribution < -0.4 is 9.91 Å². The van der Waals surface area contributed by atoms with E-state index >= 15 is 0 Å². The molecule has 2 aliphatic heterocycles. The van der Waals surface area contributed by atoms with Crippen molar-refractivity contribution in [3.05, 3.63) is 47.7 Å². The zero-order valence-electron chi connectivity index (χ0n) is 18.1. The maximum atomic E-state index is 13.2. The SMILES string of the molecule is Cc1ccc(C)c(N2N=C(C(=O)N3CCN(c4nc5cccnc5s4)CC3)CCC2=O)c1. The number of rotatable bonds is 3. The second-order valence-corrected chi connectivity index (χ2v) is 9.10. The van der Waals surface area contributed by atoms with Crippen molar-refractivity contribution >= 4 is 50.0 Å². The van der Waals surface area contributed by atoms with E-state index in [1.54, 1.807) is 17.5 Å². The fourth-order valence-electron chi connectivity index (χ4n) is 4.02. The van der Waals surface area contributed by atoms with Gasteiger partial charge in [-0.25, -0.2) is 15.0 Å². The summed E-state index contributed by atoms with van der Waals surface area (Å²) in [6, 6.07) is 9.77. The Kier molecular flexibility index (Phi) is 5.34. The van der Waals surface area contributed by atoms with Gasteiger partial charge in [0.1, 0.15) is 16.1 Å². The van der Waals surface area contributed by atoms with Gasteiger partial charge in [-0.3, -0.25) is 9.59 Å². The molecular formula is C23H24N6O2S. The van der Waals surface area contributed by atoms with Gasteiger partial charge in [-0.2, -0.15) is 5.10 Å². The van der Waals surface area contributed by atoms with Gasteiger partial charge in [0.25, 0.3) is 5.91 Å². The number of hydrogen-bond donors (Lipinski definition) is 0. The van der Waals surface area contributed by atoms with Crippen LogP contribution in [0.5, 0.6) is 0 Å². The van der Waals surface area contributed by atoms with Crippen LogP contribution in [0.15, 0.2) is 41.6 Å². The summed E-state index contributed by atoms with van der Waals surface area (Å²) in [5, 5.41) is 6.84. The van der Waals surface area contributed by atoms with E-state index in [-0.39, 0.29) is 18.2 Å². The summed E-state index contributed by atoms with van der Waals surface area (Å²) in [6.07, 6.45) is 2.44. The molecular weight excluding hydrogens is 424 g/mol. The molecule has 4 heterocycles. The maximum Gasteiger partial charge on any atom is 0.270 e. The molecule has 32 heavy (non-hydrogen) atoms. The number of thiazole rings is 1. The molecule has 1 fully saturated rings. The Morgan fingerprint density at radius 3 is 2.66 bits per heavy atom. The zero-order chi connectivity index (χ0) is 22.2. The molecule has 2 amide bonds. The van der Waals surface area contributed by atoms with Crippen LogP contribution in [-0.4, -0.2) is 58.6 Å². The number of carbonyl (C=O) groups excluding carboxylic acids is 2. The van der Waals surface area contributed by atoms with E-state index in [0.29, 0.717) is 38.3 Å². The largest absolute Gasteiger partial charge is 0.344 e. The van der Waals surface area contributed by atoms with Crippen molar-refractivity contribution in [2.24, 2.45) is 5.10 Å². The molecule has 2 aromatic heterocycles. The van der Waals surface area contributed by atoms with Crippen LogP contribution >= 0.6 is 11.3 Å². The smallest absolute Gasteiger partial charge is 0.270 e. The van der Waals surface area contributed by atoms with Crippen molar-refractivity contribution in [2.75, 3.05) is 36.1 Å². The van der Waals surface area contributed by atoms with Crippen LogP contribution in [-0.2, 0) is 9.59 Å². The minimum absolute atomic E-state index is 0.0792. The number of nitrogens with zero attached hydrogens (tertiary/aromatic N) is 6. The number of anilines is 2. The lowest BCUT2D eigenvalue weighted by Crippen LogP contribution is -2.51. The number of hydrogen-bond acceptors (Lipinski definition) is 7. The minimum atomic E-state index is -0.0848. The van der Waals surface area contributed by atoms with Crippen molar-refractivity contribution in [3.8, 4) is 0 Å². The van der Waals surface area contributed by atoms with Crippen LogP contribution in [0.1, 0.15) is 24.0 Å². The van der Waals surface area contributed by atoms with E-state index in [1.807, 2.05) is 49.1 Å². The van der Waals surface area contributed by atoms with Gasteiger partial charge in [0, 0.05) is 45.2 Å². The normalized spacial score (nSPS) is 17.1. The van der Waals surface area contributed by atoms with E-state index < -0.39 is 0 Å². The summed E-state index contributed by atoms with van der Waals surface area (Å²) < 4.78 is 0. The lowest BCUT2D eigenvalue weighted by atomic mass is 10.1. The highest BCUT2D eigenvalue weighted by molar-refractivity contribution is 7.21. The van der Waals surface area contributed by atoms with E-state index in [0.717, 1.165) is 32.3 Å². The summed E-state index contributed by atoms with van der Waals surface area (Å²) in [6.45, 7) is 6.53. The Morgan fingerprint density at radius 2 is 1.88 bits per heavy atom. The van der Waals surface area contributed by atoms with Crippen LogP contribution in [0.4, 0.5) is 10.8 Å². The Bertz CT molecular complexity index is 1200. The standard InChI is InChI=1S/C23H24N6O2S/c1-15-5-6-16(2)19(14-15)29-20(30)8-7-18(26-29)22(31)27-10-12-28(13-11-27)23-25-17-4-3-9-24-21(17)32-23/h3-6,9,14H,7-8,10-13H2,1-2H3. The lowest BCUT2D eigenvalue weighted by Gasteiger charge is -2.35. The first kappa shape index (κ1) is 20.6. The molecule has 9 heteroatoms. The Hall–Kier alpha value is -3.33. The van der Waals surface area contributed by atoms with Crippen LogP contribution in [0, 0.1) is 13.8 Å². The number of pyridine rings is 1. The molecule has 0 spiro atoms. The van der Waals surface area contributed by atoms with Gasteiger partial charge in [-0.15, -0.1) is 0 Å². The molecule has 0 N–H and O–H groups in total. The monoisotopic (exact) mass is 448 g/mol. The molecule has 2 aliphatic rings. The number of amides is 2. The average molecular weight is 449 g/mol. The fraction of sp³-hybridized carbons (Fsp3) is 0.348. The Morgan fingerprint density at radius 1 is 1.06 bits per heavy atom. The molecule has 164 valence electrons. The molecule has 0 aliphatic carbocycles. The summed E-state index contributed by atoms with van der Waals surface area (Å²) >= 11 is 1.57. The maximum absolute atomic E-state index is 13.2. The van der Waals surface area contributed by atoms with Gasteiger partial charge in [0.05, 0.1) is 5.69 Å². The molecule has 0 saturated carbocycles. The molecule has 0 bridgehead atoms. The predicted octanol–water partition coefficient (Wildman–Crippen LogP) is 3.14. The Labute approximate surface area is 190 Å². The predicted molar refractivity (Wildman–Crippen MR) is 126 cm³/mol. The first-order chi connectivity index (χ1) is 15.5. The fourth-order valence-corrected chi connectivity index (χ4v) is 4.98. The topological polar surface area (TPSA) is 82.0 Å². The molecule has 8 nitrogen and oxygen atoms in total. The number of fused-ring (bicyclic) bond motifs is 1. The van der Waals surface area contributed by atoms with Crippen LogP contribution in [0.25, 0.3) is 10.3 Å². The molecule has 0 radical (unpaired) electrons. The molecule has 0 unspecified atom stereocenters. The van der Waals surface area contributed by atoms with Crippen LogP contribution in [0.2, 0.25) is 0 Å². The van der Waals surface area contributed by atoms with Gasteiger partial charge in [-0.1, -0.05) is 23.5 Å². The molecule has 1 aromatic carbocycles. The number of aryl methyl sites for hydroxylation is 2. The van der Waals surface area contributed by atoms with Crippen molar-refractivity contribution in [1.82, 2.24) is 14.9 Å². The first-order valence-corrected chi connectivity index (χ1v) is 11.5. The van der Waals surface area contributed by atoms with Crippen molar-refractivity contribution in [2.45, 2.75) is 26.7 Å².